The molecule has 2 aromatic rings. The summed E-state index contributed by atoms with van der Waals surface area (Å²) in [6, 6.07) is 9.82. The number of carbonyl (C=O) groups is 1. The van der Waals surface area contributed by atoms with E-state index in [0.717, 1.165) is 43.9 Å². The van der Waals surface area contributed by atoms with Crippen LogP contribution in [0.4, 0.5) is 0 Å². The van der Waals surface area contributed by atoms with Crippen molar-refractivity contribution in [2.45, 2.75) is 31.8 Å². The first-order valence-corrected chi connectivity index (χ1v) is 9.32. The highest BCUT2D eigenvalue weighted by atomic mass is 16.5. The summed E-state index contributed by atoms with van der Waals surface area (Å²) in [5.41, 5.74) is 0.290. The highest BCUT2D eigenvalue weighted by Crippen LogP contribution is 2.56. The van der Waals surface area contributed by atoms with Crippen molar-refractivity contribution in [3.63, 3.8) is 0 Å². The molecule has 6 heteroatoms. The molecule has 1 aromatic heterocycles. The summed E-state index contributed by atoms with van der Waals surface area (Å²) in [6.07, 6.45) is 7.08. The molecule has 1 atom stereocenters. The summed E-state index contributed by atoms with van der Waals surface area (Å²) < 4.78 is 7.70. The van der Waals surface area contributed by atoms with E-state index in [0.29, 0.717) is 18.0 Å². The maximum atomic E-state index is 13.0. The van der Waals surface area contributed by atoms with Gasteiger partial charge in [0.05, 0.1) is 6.54 Å². The number of aromatic nitrogens is 2. The van der Waals surface area contributed by atoms with Crippen molar-refractivity contribution in [3.8, 4) is 5.75 Å². The van der Waals surface area contributed by atoms with E-state index < -0.39 is 0 Å². The van der Waals surface area contributed by atoms with Gasteiger partial charge in [0, 0.05) is 25.5 Å². The molecular formula is C20H26N4O2. The van der Waals surface area contributed by atoms with Gasteiger partial charge in [0.15, 0.2) is 6.61 Å². The first-order valence-electron chi connectivity index (χ1n) is 9.32. The zero-order valence-corrected chi connectivity index (χ0v) is 15.2. The SMILES string of the molecule is Cn1ccnc1CN(C(=O)COc1ccccc1)[C@H]1CC12CCNCC2. The normalized spacial score (nSPS) is 20.7. The fourth-order valence-corrected chi connectivity index (χ4v) is 4.05. The van der Waals surface area contributed by atoms with Gasteiger partial charge in [0.2, 0.25) is 0 Å². The molecular weight excluding hydrogens is 328 g/mol. The van der Waals surface area contributed by atoms with Crippen LogP contribution in [0.3, 0.4) is 0 Å². The van der Waals surface area contributed by atoms with Crippen molar-refractivity contribution in [1.82, 2.24) is 19.8 Å². The maximum absolute atomic E-state index is 13.0. The minimum atomic E-state index is 0.0391. The second kappa shape index (κ2) is 7.11. The Bertz CT molecular complexity index is 752. The van der Waals surface area contributed by atoms with E-state index in [1.807, 2.05) is 53.0 Å². The van der Waals surface area contributed by atoms with E-state index in [9.17, 15) is 4.79 Å². The number of para-hydroxylation sites is 1. The Kier molecular flexibility index (Phi) is 4.68. The van der Waals surface area contributed by atoms with E-state index in [2.05, 4.69) is 10.3 Å². The number of hydrogen-bond donors (Lipinski definition) is 1. The third-order valence-corrected chi connectivity index (χ3v) is 5.78. The smallest absolute Gasteiger partial charge is 0.261 e. The van der Waals surface area contributed by atoms with Crippen molar-refractivity contribution >= 4 is 5.91 Å². The van der Waals surface area contributed by atoms with Gasteiger partial charge in [0.1, 0.15) is 11.6 Å². The first-order chi connectivity index (χ1) is 12.7. The first kappa shape index (κ1) is 17.1. The number of rotatable bonds is 6. The lowest BCUT2D eigenvalue weighted by atomic mass is 9.93. The summed E-state index contributed by atoms with van der Waals surface area (Å²) in [4.78, 5) is 19.4. The Labute approximate surface area is 154 Å². The molecule has 2 heterocycles. The zero-order chi connectivity index (χ0) is 18.0. The predicted molar refractivity (Wildman–Crippen MR) is 98.6 cm³/mol. The highest BCUT2D eigenvalue weighted by molar-refractivity contribution is 5.78. The quantitative estimate of drug-likeness (QED) is 0.862. The molecule has 1 saturated carbocycles. The number of ether oxygens (including phenoxy) is 1. The van der Waals surface area contributed by atoms with Crippen LogP contribution >= 0.6 is 0 Å². The maximum Gasteiger partial charge on any atom is 0.261 e. The van der Waals surface area contributed by atoms with Crippen LogP contribution in [0.2, 0.25) is 0 Å². The van der Waals surface area contributed by atoms with E-state index in [4.69, 9.17) is 4.74 Å². The van der Waals surface area contributed by atoms with E-state index in [-0.39, 0.29) is 12.5 Å². The lowest BCUT2D eigenvalue weighted by Gasteiger charge is -2.29. The number of imidazole rings is 1. The Morgan fingerprint density at radius 1 is 1.35 bits per heavy atom. The summed E-state index contributed by atoms with van der Waals surface area (Å²) >= 11 is 0. The molecule has 138 valence electrons. The number of carbonyl (C=O) groups excluding carboxylic acids is 1. The minimum absolute atomic E-state index is 0.0391. The summed E-state index contributed by atoms with van der Waals surface area (Å²) in [5, 5.41) is 3.43. The number of amides is 1. The van der Waals surface area contributed by atoms with Gasteiger partial charge in [-0.25, -0.2) is 4.98 Å². The standard InChI is InChI=1S/C20H26N4O2/c1-23-12-11-22-18(23)14-24(17-13-20(17)7-9-21-10-8-20)19(25)15-26-16-5-3-2-4-6-16/h2-6,11-12,17,21H,7-10,13-15H2,1H3/t17-/m0/s1. The van der Waals surface area contributed by atoms with Gasteiger partial charge in [-0.15, -0.1) is 0 Å². The van der Waals surface area contributed by atoms with E-state index in [1.54, 1.807) is 6.20 Å². The molecule has 1 aliphatic heterocycles. The third kappa shape index (κ3) is 3.46. The lowest BCUT2D eigenvalue weighted by molar-refractivity contribution is -0.135. The van der Waals surface area contributed by atoms with Crippen molar-refractivity contribution in [1.29, 1.82) is 0 Å². The van der Waals surface area contributed by atoms with Crippen molar-refractivity contribution < 1.29 is 9.53 Å². The average molecular weight is 354 g/mol. The zero-order valence-electron chi connectivity index (χ0n) is 15.2. The summed E-state index contributed by atoms with van der Waals surface area (Å²) in [6.45, 7) is 2.70. The van der Waals surface area contributed by atoms with Gasteiger partial charge in [-0.3, -0.25) is 4.79 Å². The molecule has 1 aromatic carbocycles. The third-order valence-electron chi connectivity index (χ3n) is 5.78. The molecule has 0 bridgehead atoms. The molecule has 4 rings (SSSR count). The Balaban J connectivity index is 1.47. The number of piperidine rings is 1. The topological polar surface area (TPSA) is 59.4 Å². The van der Waals surface area contributed by atoms with Crippen LogP contribution in [-0.4, -0.2) is 46.1 Å². The second-order valence-corrected chi connectivity index (χ2v) is 7.41. The molecule has 1 spiro atoms. The monoisotopic (exact) mass is 354 g/mol. The van der Waals surface area contributed by atoms with Crippen LogP contribution in [0.25, 0.3) is 0 Å². The molecule has 1 N–H and O–H groups in total. The van der Waals surface area contributed by atoms with Gasteiger partial charge in [-0.2, -0.15) is 0 Å². The van der Waals surface area contributed by atoms with Crippen molar-refractivity contribution in [3.05, 3.63) is 48.5 Å². The number of benzene rings is 1. The van der Waals surface area contributed by atoms with Crippen LogP contribution < -0.4 is 10.1 Å². The molecule has 26 heavy (non-hydrogen) atoms. The number of nitrogens with one attached hydrogen (secondary N) is 1. The van der Waals surface area contributed by atoms with Gasteiger partial charge in [-0.05, 0) is 49.9 Å². The van der Waals surface area contributed by atoms with Gasteiger partial charge in [0.25, 0.3) is 5.91 Å². The second-order valence-electron chi connectivity index (χ2n) is 7.41. The lowest BCUT2D eigenvalue weighted by Crippen LogP contribution is -2.41. The van der Waals surface area contributed by atoms with Crippen LogP contribution in [0.1, 0.15) is 25.1 Å². The molecule has 2 aliphatic rings. The Morgan fingerprint density at radius 2 is 2.12 bits per heavy atom. The Hall–Kier alpha value is -2.34. The number of aryl methyl sites for hydroxylation is 1. The molecule has 1 aliphatic carbocycles. The number of nitrogens with zero attached hydrogens (tertiary/aromatic N) is 3. The number of hydrogen-bond acceptors (Lipinski definition) is 4. The summed E-state index contributed by atoms with van der Waals surface area (Å²) in [5.74, 6) is 1.68. The molecule has 0 unspecified atom stereocenters. The highest BCUT2D eigenvalue weighted by Gasteiger charge is 2.57. The molecule has 1 saturated heterocycles. The van der Waals surface area contributed by atoms with Gasteiger partial charge < -0.3 is 19.5 Å². The summed E-state index contributed by atoms with van der Waals surface area (Å²) in [7, 11) is 1.97. The van der Waals surface area contributed by atoms with Crippen LogP contribution in [0.5, 0.6) is 5.75 Å². The van der Waals surface area contributed by atoms with Crippen LogP contribution in [0.15, 0.2) is 42.7 Å². The molecule has 0 radical (unpaired) electrons. The molecule has 2 fully saturated rings. The molecule has 6 nitrogen and oxygen atoms in total. The van der Waals surface area contributed by atoms with Crippen LogP contribution in [0, 0.1) is 5.41 Å². The van der Waals surface area contributed by atoms with E-state index in [1.165, 1.54) is 0 Å². The predicted octanol–water partition coefficient (Wildman–Crippen LogP) is 1.97. The van der Waals surface area contributed by atoms with Crippen molar-refractivity contribution in [2.24, 2.45) is 12.5 Å². The minimum Gasteiger partial charge on any atom is -0.484 e. The van der Waals surface area contributed by atoms with Gasteiger partial charge in [-0.1, -0.05) is 18.2 Å². The molecule has 1 amide bonds. The average Bonchev–Trinajstić information content (AvgIpc) is 3.18. The largest absolute Gasteiger partial charge is 0.484 e. The van der Waals surface area contributed by atoms with Crippen LogP contribution in [-0.2, 0) is 18.4 Å². The van der Waals surface area contributed by atoms with Gasteiger partial charge >= 0.3 is 0 Å². The fraction of sp³-hybridized carbons (Fsp3) is 0.500. The Morgan fingerprint density at radius 3 is 2.81 bits per heavy atom. The fourth-order valence-electron chi connectivity index (χ4n) is 4.05. The van der Waals surface area contributed by atoms with E-state index >= 15 is 0 Å². The van der Waals surface area contributed by atoms with Crippen molar-refractivity contribution in [2.75, 3.05) is 19.7 Å².